The summed E-state index contributed by atoms with van der Waals surface area (Å²) in [5, 5.41) is 9.07. The highest BCUT2D eigenvalue weighted by Gasteiger charge is 2.28. The molecule has 1 aromatic carbocycles. The fourth-order valence-electron chi connectivity index (χ4n) is 2.24. The Morgan fingerprint density at radius 3 is 2.81 bits per heavy atom. The standard InChI is InChI=1S/C15H19N5O5S/c1-24-12-6-5-10(7-11(12)20-26(2,22)23)17-15(21)16-8-13-18-14(19-25-13)9-3-4-9/h5-7,9,20H,3-4,8H2,1-2H3,(H2,16,17,21). The highest BCUT2D eigenvalue weighted by molar-refractivity contribution is 7.92. The summed E-state index contributed by atoms with van der Waals surface area (Å²) in [4.78, 5) is 16.2. The topological polar surface area (TPSA) is 135 Å². The van der Waals surface area contributed by atoms with Crippen LogP contribution >= 0.6 is 0 Å². The number of urea groups is 1. The molecule has 1 heterocycles. The summed E-state index contributed by atoms with van der Waals surface area (Å²) in [6, 6.07) is 4.09. The van der Waals surface area contributed by atoms with Crippen LogP contribution < -0.4 is 20.1 Å². The van der Waals surface area contributed by atoms with Gasteiger partial charge in [0.25, 0.3) is 0 Å². The SMILES string of the molecule is COc1ccc(NC(=O)NCc2nc(C3CC3)no2)cc1NS(C)(=O)=O. The molecular weight excluding hydrogens is 362 g/mol. The van der Waals surface area contributed by atoms with Gasteiger partial charge in [-0.1, -0.05) is 5.16 Å². The van der Waals surface area contributed by atoms with Crippen molar-refractivity contribution < 1.29 is 22.5 Å². The second kappa shape index (κ2) is 7.20. The molecular formula is C15H19N5O5S. The minimum atomic E-state index is -3.49. The maximum absolute atomic E-state index is 12.0. The maximum atomic E-state index is 12.0. The van der Waals surface area contributed by atoms with Gasteiger partial charge in [-0.2, -0.15) is 4.98 Å². The van der Waals surface area contributed by atoms with Crippen molar-refractivity contribution in [3.63, 3.8) is 0 Å². The van der Waals surface area contributed by atoms with Gasteiger partial charge in [-0.15, -0.1) is 0 Å². The molecule has 0 bridgehead atoms. The highest BCUT2D eigenvalue weighted by atomic mass is 32.2. The molecule has 10 nitrogen and oxygen atoms in total. The van der Waals surface area contributed by atoms with Crippen LogP contribution in [0.1, 0.15) is 30.5 Å². The number of methoxy groups -OCH3 is 1. The number of rotatable bonds is 7. The number of hydrogen-bond donors (Lipinski definition) is 3. The average Bonchev–Trinajstić information content (AvgIpc) is 3.30. The fourth-order valence-corrected chi connectivity index (χ4v) is 2.80. The minimum absolute atomic E-state index is 0.0934. The lowest BCUT2D eigenvalue weighted by atomic mass is 10.2. The minimum Gasteiger partial charge on any atom is -0.495 e. The van der Waals surface area contributed by atoms with E-state index in [0.29, 0.717) is 29.1 Å². The lowest BCUT2D eigenvalue weighted by molar-refractivity contribution is 0.249. The Morgan fingerprint density at radius 2 is 2.15 bits per heavy atom. The third-order valence-electron chi connectivity index (χ3n) is 3.58. The number of aromatic nitrogens is 2. The number of benzene rings is 1. The monoisotopic (exact) mass is 381 g/mol. The zero-order chi connectivity index (χ0) is 18.7. The maximum Gasteiger partial charge on any atom is 0.319 e. The third kappa shape index (κ3) is 4.85. The van der Waals surface area contributed by atoms with Crippen LogP contribution in [0.15, 0.2) is 22.7 Å². The average molecular weight is 381 g/mol. The summed E-state index contributed by atoms with van der Waals surface area (Å²) in [6.45, 7) is 0.0934. The Morgan fingerprint density at radius 1 is 1.38 bits per heavy atom. The van der Waals surface area contributed by atoms with E-state index in [9.17, 15) is 13.2 Å². The van der Waals surface area contributed by atoms with Gasteiger partial charge >= 0.3 is 6.03 Å². The lowest BCUT2D eigenvalue weighted by Gasteiger charge is -2.12. The molecule has 0 radical (unpaired) electrons. The van der Waals surface area contributed by atoms with Gasteiger partial charge in [0.1, 0.15) is 5.75 Å². The molecule has 0 atom stereocenters. The first-order valence-corrected chi connectivity index (χ1v) is 9.76. The number of amides is 2. The Hall–Kier alpha value is -2.82. The van der Waals surface area contributed by atoms with Gasteiger partial charge in [-0.25, -0.2) is 13.2 Å². The first-order valence-electron chi connectivity index (χ1n) is 7.87. The van der Waals surface area contributed by atoms with E-state index >= 15 is 0 Å². The number of carbonyl (C=O) groups is 1. The van der Waals surface area contributed by atoms with Crippen molar-refractivity contribution in [1.29, 1.82) is 0 Å². The molecule has 1 aliphatic carbocycles. The van der Waals surface area contributed by atoms with Crippen molar-refractivity contribution in [2.75, 3.05) is 23.4 Å². The molecule has 3 N–H and O–H groups in total. The summed E-state index contributed by atoms with van der Waals surface area (Å²) in [5.74, 6) is 1.71. The Bertz CT molecular complexity index is 907. The second-order valence-electron chi connectivity index (χ2n) is 5.92. The molecule has 0 spiro atoms. The van der Waals surface area contributed by atoms with Gasteiger partial charge in [-0.3, -0.25) is 4.72 Å². The van der Waals surface area contributed by atoms with E-state index in [1.165, 1.54) is 13.2 Å². The van der Waals surface area contributed by atoms with Crippen molar-refractivity contribution in [3.8, 4) is 5.75 Å². The second-order valence-corrected chi connectivity index (χ2v) is 7.67. The van der Waals surface area contributed by atoms with Crippen LogP contribution in [0.2, 0.25) is 0 Å². The molecule has 1 fully saturated rings. The Kier molecular flexibility index (Phi) is 4.98. The van der Waals surface area contributed by atoms with Crippen LogP contribution in [0.4, 0.5) is 16.2 Å². The van der Waals surface area contributed by atoms with Gasteiger partial charge in [0.05, 0.1) is 25.6 Å². The number of carbonyl (C=O) groups excluding carboxylic acids is 1. The number of sulfonamides is 1. The summed E-state index contributed by atoms with van der Waals surface area (Å²) in [5.41, 5.74) is 0.609. The number of nitrogens with one attached hydrogen (secondary N) is 3. The first-order chi connectivity index (χ1) is 12.3. The van der Waals surface area contributed by atoms with E-state index in [1.54, 1.807) is 12.1 Å². The van der Waals surface area contributed by atoms with E-state index in [-0.39, 0.29) is 12.2 Å². The predicted octanol–water partition coefficient (Wildman–Crippen LogP) is 1.65. The zero-order valence-electron chi connectivity index (χ0n) is 14.3. The van der Waals surface area contributed by atoms with Crippen molar-refractivity contribution in [1.82, 2.24) is 15.5 Å². The molecule has 0 aliphatic heterocycles. The molecule has 0 unspecified atom stereocenters. The van der Waals surface area contributed by atoms with Crippen LogP contribution in [0.5, 0.6) is 5.75 Å². The number of ether oxygens (including phenoxy) is 1. The Labute approximate surface area is 150 Å². The van der Waals surface area contributed by atoms with E-state index < -0.39 is 16.1 Å². The molecule has 3 rings (SSSR count). The van der Waals surface area contributed by atoms with Crippen molar-refractivity contribution in [3.05, 3.63) is 29.9 Å². The quantitative estimate of drug-likeness (QED) is 0.663. The smallest absolute Gasteiger partial charge is 0.319 e. The van der Waals surface area contributed by atoms with Crippen LogP contribution in [0.25, 0.3) is 0 Å². The molecule has 11 heteroatoms. The molecule has 0 saturated heterocycles. The van der Waals surface area contributed by atoms with Crippen LogP contribution in [0.3, 0.4) is 0 Å². The van der Waals surface area contributed by atoms with Crippen LogP contribution in [0, 0.1) is 0 Å². The van der Waals surface area contributed by atoms with Gasteiger partial charge in [0.2, 0.25) is 15.9 Å². The van der Waals surface area contributed by atoms with Crippen molar-refractivity contribution >= 4 is 27.4 Å². The van der Waals surface area contributed by atoms with Gasteiger partial charge < -0.3 is 19.9 Å². The molecule has 1 saturated carbocycles. The predicted molar refractivity (Wildman–Crippen MR) is 93.6 cm³/mol. The fraction of sp³-hybridized carbons (Fsp3) is 0.400. The first kappa shape index (κ1) is 18.0. The summed E-state index contributed by atoms with van der Waals surface area (Å²) >= 11 is 0. The van der Waals surface area contributed by atoms with Crippen LogP contribution in [-0.2, 0) is 16.6 Å². The molecule has 140 valence electrons. The lowest BCUT2D eigenvalue weighted by Crippen LogP contribution is -2.28. The molecule has 26 heavy (non-hydrogen) atoms. The third-order valence-corrected chi connectivity index (χ3v) is 4.17. The summed E-state index contributed by atoms with van der Waals surface area (Å²) < 4.78 is 35.4. The molecule has 1 aliphatic rings. The summed E-state index contributed by atoms with van der Waals surface area (Å²) in [6.07, 6.45) is 3.15. The molecule has 1 aromatic heterocycles. The van der Waals surface area contributed by atoms with Gasteiger partial charge in [0.15, 0.2) is 5.82 Å². The van der Waals surface area contributed by atoms with Gasteiger partial charge in [-0.05, 0) is 31.0 Å². The number of hydrogen-bond acceptors (Lipinski definition) is 7. The van der Waals surface area contributed by atoms with E-state index in [4.69, 9.17) is 9.26 Å². The molecule has 2 amide bonds. The van der Waals surface area contributed by atoms with E-state index in [1.807, 2.05) is 0 Å². The van der Waals surface area contributed by atoms with Crippen molar-refractivity contribution in [2.24, 2.45) is 0 Å². The molecule has 2 aromatic rings. The highest BCUT2D eigenvalue weighted by Crippen LogP contribution is 2.38. The number of anilines is 2. The van der Waals surface area contributed by atoms with Crippen molar-refractivity contribution in [2.45, 2.75) is 25.3 Å². The Balaban J connectivity index is 1.59. The van der Waals surface area contributed by atoms with Crippen LogP contribution in [-0.4, -0.2) is 38.0 Å². The van der Waals surface area contributed by atoms with E-state index in [0.717, 1.165) is 19.1 Å². The normalized spacial score (nSPS) is 13.9. The zero-order valence-corrected chi connectivity index (χ0v) is 15.1. The van der Waals surface area contributed by atoms with Gasteiger partial charge in [0, 0.05) is 11.6 Å². The largest absolute Gasteiger partial charge is 0.495 e. The number of nitrogens with zero attached hydrogens (tertiary/aromatic N) is 2. The van der Waals surface area contributed by atoms with E-state index in [2.05, 4.69) is 25.5 Å². The summed E-state index contributed by atoms with van der Waals surface area (Å²) in [7, 11) is -2.07.